The summed E-state index contributed by atoms with van der Waals surface area (Å²) in [5, 5.41) is 3.04. The van der Waals surface area contributed by atoms with Crippen LogP contribution in [0.5, 0.6) is 11.5 Å². The molecule has 2 heterocycles. The van der Waals surface area contributed by atoms with Crippen LogP contribution < -0.4 is 14.8 Å². The van der Waals surface area contributed by atoms with Crippen LogP contribution in [0, 0.1) is 11.8 Å². The number of piperidine rings is 1. The molecule has 5 nitrogen and oxygen atoms in total. The van der Waals surface area contributed by atoms with Crippen molar-refractivity contribution in [1.29, 1.82) is 0 Å². The van der Waals surface area contributed by atoms with Gasteiger partial charge >= 0.3 is 0 Å². The van der Waals surface area contributed by atoms with Crippen molar-refractivity contribution in [3.63, 3.8) is 0 Å². The summed E-state index contributed by atoms with van der Waals surface area (Å²) in [4.78, 5) is 15.2. The standard InChI is InChI=1S/C24H30N2O3/c1-17-9-11-26(12-10-17)15-18-3-5-21(6-4-18)25-24(27)20-13-19-14-22(28-2)7-8-23(19)29-16-20/h3-8,14,17,20H,9-13,15-16H2,1-2H3,(H,25,27). The first-order chi connectivity index (χ1) is 14.1. The van der Waals surface area contributed by atoms with Crippen molar-refractivity contribution in [2.75, 3.05) is 32.1 Å². The van der Waals surface area contributed by atoms with Gasteiger partial charge in [-0.1, -0.05) is 19.1 Å². The number of nitrogens with zero attached hydrogens (tertiary/aromatic N) is 1. The Bertz CT molecular complexity index is 842. The number of methoxy groups -OCH3 is 1. The van der Waals surface area contributed by atoms with Gasteiger partial charge in [0.1, 0.15) is 18.1 Å². The van der Waals surface area contributed by atoms with Crippen molar-refractivity contribution < 1.29 is 14.3 Å². The van der Waals surface area contributed by atoms with Crippen LogP contribution in [-0.2, 0) is 17.8 Å². The largest absolute Gasteiger partial charge is 0.497 e. The van der Waals surface area contributed by atoms with Crippen LogP contribution in [0.3, 0.4) is 0 Å². The molecule has 4 rings (SSSR count). The van der Waals surface area contributed by atoms with Crippen LogP contribution in [-0.4, -0.2) is 37.6 Å². The minimum atomic E-state index is -0.204. The van der Waals surface area contributed by atoms with Gasteiger partial charge in [-0.05, 0) is 79.7 Å². The molecule has 2 aromatic rings. The maximum atomic E-state index is 12.7. The minimum Gasteiger partial charge on any atom is -0.497 e. The molecule has 0 saturated carbocycles. The molecule has 154 valence electrons. The smallest absolute Gasteiger partial charge is 0.231 e. The number of ether oxygens (including phenoxy) is 2. The Morgan fingerprint density at radius 2 is 1.93 bits per heavy atom. The van der Waals surface area contributed by atoms with Crippen LogP contribution in [0.1, 0.15) is 30.9 Å². The van der Waals surface area contributed by atoms with E-state index in [2.05, 4.69) is 29.3 Å². The van der Waals surface area contributed by atoms with Gasteiger partial charge in [-0.2, -0.15) is 0 Å². The van der Waals surface area contributed by atoms with E-state index >= 15 is 0 Å². The number of hydrogen-bond donors (Lipinski definition) is 1. The highest BCUT2D eigenvalue weighted by Gasteiger charge is 2.26. The number of hydrogen-bond acceptors (Lipinski definition) is 4. The average molecular weight is 395 g/mol. The molecule has 0 radical (unpaired) electrons. The molecule has 0 aromatic heterocycles. The van der Waals surface area contributed by atoms with Gasteiger partial charge in [0.25, 0.3) is 0 Å². The van der Waals surface area contributed by atoms with E-state index in [4.69, 9.17) is 9.47 Å². The molecular formula is C24H30N2O3. The van der Waals surface area contributed by atoms with E-state index in [1.54, 1.807) is 7.11 Å². The monoisotopic (exact) mass is 394 g/mol. The molecular weight excluding hydrogens is 364 g/mol. The van der Waals surface area contributed by atoms with E-state index in [0.29, 0.717) is 13.0 Å². The number of amides is 1. The van der Waals surface area contributed by atoms with E-state index in [1.807, 2.05) is 30.3 Å². The summed E-state index contributed by atoms with van der Waals surface area (Å²) < 4.78 is 11.1. The molecule has 1 N–H and O–H groups in total. The number of likely N-dealkylation sites (tertiary alicyclic amines) is 1. The molecule has 1 saturated heterocycles. The number of rotatable bonds is 5. The minimum absolute atomic E-state index is 0.00348. The molecule has 0 aliphatic carbocycles. The number of carbonyl (C=O) groups is 1. The SMILES string of the molecule is COc1ccc2c(c1)CC(C(=O)Nc1ccc(CN3CCC(C)CC3)cc1)CO2. The van der Waals surface area contributed by atoms with Gasteiger partial charge in [0.05, 0.1) is 13.0 Å². The van der Waals surface area contributed by atoms with Crippen LogP contribution in [0.25, 0.3) is 0 Å². The number of anilines is 1. The van der Waals surface area contributed by atoms with Crippen molar-refractivity contribution >= 4 is 11.6 Å². The quantitative estimate of drug-likeness (QED) is 0.829. The third-order valence-electron chi connectivity index (χ3n) is 6.05. The number of fused-ring (bicyclic) bond motifs is 1. The van der Waals surface area contributed by atoms with Gasteiger partial charge in [0.2, 0.25) is 5.91 Å². The zero-order valence-electron chi connectivity index (χ0n) is 17.3. The Balaban J connectivity index is 1.32. The van der Waals surface area contributed by atoms with E-state index < -0.39 is 0 Å². The normalized spacial score (nSPS) is 19.9. The van der Waals surface area contributed by atoms with E-state index in [9.17, 15) is 4.79 Å². The summed E-state index contributed by atoms with van der Waals surface area (Å²) in [6, 6.07) is 14.0. The zero-order valence-corrected chi connectivity index (χ0v) is 17.3. The third-order valence-corrected chi connectivity index (χ3v) is 6.05. The summed E-state index contributed by atoms with van der Waals surface area (Å²) in [6.45, 7) is 6.06. The number of benzene rings is 2. The van der Waals surface area contributed by atoms with Crippen molar-refractivity contribution in [1.82, 2.24) is 4.90 Å². The van der Waals surface area contributed by atoms with E-state index in [1.165, 1.54) is 31.5 Å². The lowest BCUT2D eigenvalue weighted by molar-refractivity contribution is -0.121. The molecule has 5 heteroatoms. The van der Waals surface area contributed by atoms with E-state index in [0.717, 1.165) is 35.2 Å². The van der Waals surface area contributed by atoms with Crippen molar-refractivity contribution in [2.45, 2.75) is 32.7 Å². The van der Waals surface area contributed by atoms with Gasteiger partial charge in [0, 0.05) is 12.2 Å². The average Bonchev–Trinajstić information content (AvgIpc) is 2.76. The predicted molar refractivity (Wildman–Crippen MR) is 114 cm³/mol. The molecule has 1 amide bonds. The first kappa shape index (κ1) is 19.8. The Labute approximate surface area is 173 Å². The summed E-state index contributed by atoms with van der Waals surface area (Å²) in [5.41, 5.74) is 3.14. The first-order valence-corrected chi connectivity index (χ1v) is 10.5. The number of nitrogens with one attached hydrogen (secondary N) is 1. The fraction of sp³-hybridized carbons (Fsp3) is 0.458. The molecule has 1 fully saturated rings. The van der Waals surface area contributed by atoms with Crippen LogP contribution in [0.15, 0.2) is 42.5 Å². The molecule has 29 heavy (non-hydrogen) atoms. The van der Waals surface area contributed by atoms with Crippen molar-refractivity contribution in [3.8, 4) is 11.5 Å². The van der Waals surface area contributed by atoms with Crippen LogP contribution in [0.2, 0.25) is 0 Å². The van der Waals surface area contributed by atoms with Gasteiger partial charge in [-0.3, -0.25) is 9.69 Å². The van der Waals surface area contributed by atoms with Gasteiger partial charge in [-0.25, -0.2) is 0 Å². The lowest BCUT2D eigenvalue weighted by Gasteiger charge is -2.30. The van der Waals surface area contributed by atoms with Crippen molar-refractivity contribution in [3.05, 3.63) is 53.6 Å². The topological polar surface area (TPSA) is 50.8 Å². The Morgan fingerprint density at radius 1 is 1.17 bits per heavy atom. The van der Waals surface area contributed by atoms with Crippen LogP contribution in [0.4, 0.5) is 5.69 Å². The lowest BCUT2D eigenvalue weighted by Crippen LogP contribution is -2.33. The highest BCUT2D eigenvalue weighted by atomic mass is 16.5. The predicted octanol–water partition coefficient (Wildman–Crippen LogP) is 4.12. The maximum absolute atomic E-state index is 12.7. The number of carbonyl (C=O) groups excluding carboxylic acids is 1. The lowest BCUT2D eigenvalue weighted by atomic mass is 9.95. The molecule has 1 atom stereocenters. The molecule has 0 spiro atoms. The second kappa shape index (κ2) is 8.87. The van der Waals surface area contributed by atoms with Gasteiger partial charge in [-0.15, -0.1) is 0 Å². The summed E-state index contributed by atoms with van der Waals surface area (Å²) >= 11 is 0. The summed E-state index contributed by atoms with van der Waals surface area (Å²) in [6.07, 6.45) is 3.23. The fourth-order valence-corrected chi connectivity index (χ4v) is 4.08. The highest BCUT2D eigenvalue weighted by Crippen LogP contribution is 2.31. The molecule has 0 bridgehead atoms. The second-order valence-electron chi connectivity index (χ2n) is 8.33. The first-order valence-electron chi connectivity index (χ1n) is 10.5. The molecule has 2 aliphatic rings. The van der Waals surface area contributed by atoms with Gasteiger partial charge < -0.3 is 14.8 Å². The maximum Gasteiger partial charge on any atom is 0.231 e. The molecule has 2 aliphatic heterocycles. The molecule has 1 unspecified atom stereocenters. The van der Waals surface area contributed by atoms with Gasteiger partial charge in [0.15, 0.2) is 0 Å². The van der Waals surface area contributed by atoms with Crippen molar-refractivity contribution in [2.24, 2.45) is 11.8 Å². The highest BCUT2D eigenvalue weighted by molar-refractivity contribution is 5.93. The summed E-state index contributed by atoms with van der Waals surface area (Å²) in [7, 11) is 1.64. The second-order valence-corrected chi connectivity index (χ2v) is 8.33. The van der Waals surface area contributed by atoms with E-state index in [-0.39, 0.29) is 11.8 Å². The summed E-state index contributed by atoms with van der Waals surface area (Å²) in [5.74, 6) is 2.26. The third kappa shape index (κ3) is 4.91. The molecule has 2 aromatic carbocycles. The Kier molecular flexibility index (Phi) is 6.05. The van der Waals surface area contributed by atoms with Crippen LogP contribution >= 0.6 is 0 Å². The fourth-order valence-electron chi connectivity index (χ4n) is 4.08. The zero-order chi connectivity index (χ0) is 20.2. The Hall–Kier alpha value is -2.53. The Morgan fingerprint density at radius 3 is 2.66 bits per heavy atom.